The lowest BCUT2D eigenvalue weighted by Gasteiger charge is -2.40. The number of fused-ring (bicyclic) bond motifs is 9. The summed E-state index contributed by atoms with van der Waals surface area (Å²) in [5.41, 5.74) is 16.9. The predicted octanol–water partition coefficient (Wildman–Crippen LogP) is 12.9. The molecule has 4 unspecified atom stereocenters. The van der Waals surface area contributed by atoms with Crippen molar-refractivity contribution in [2.45, 2.75) is 49.7 Å². The second-order valence-corrected chi connectivity index (χ2v) is 16.4. The van der Waals surface area contributed by atoms with E-state index >= 15 is 0 Å². The number of hydrogen-bond donors (Lipinski definition) is 2. The molecule has 280 valence electrons. The van der Waals surface area contributed by atoms with Gasteiger partial charge in [0.15, 0.2) is 0 Å². The van der Waals surface area contributed by atoms with Crippen LogP contribution in [0.25, 0.3) is 39.0 Å². The van der Waals surface area contributed by atoms with Gasteiger partial charge in [-0.25, -0.2) is 0 Å². The zero-order chi connectivity index (χ0) is 38.2. The number of nitrogens with zero attached hydrogens (tertiary/aromatic N) is 2. The van der Waals surface area contributed by atoms with Crippen LogP contribution in [0, 0.1) is 0 Å². The van der Waals surface area contributed by atoms with Crippen molar-refractivity contribution in [1.82, 2.24) is 4.57 Å². The Balaban J connectivity index is 0.974. The minimum absolute atomic E-state index is 0.0956. The summed E-state index contributed by atoms with van der Waals surface area (Å²) in [6.45, 7) is 0. The normalized spacial score (nSPS) is 21.6. The highest BCUT2D eigenvalue weighted by atomic mass is 15.2. The Morgan fingerprint density at radius 1 is 0.655 bits per heavy atom. The molecular weight excluding hydrogens is 705 g/mol. The first-order valence-corrected chi connectivity index (χ1v) is 20.9. The monoisotopic (exact) mass is 748 g/mol. The van der Waals surface area contributed by atoms with Crippen LogP contribution in [0.2, 0.25) is 0 Å². The summed E-state index contributed by atoms with van der Waals surface area (Å²) in [6, 6.07) is 51.9. The number of anilines is 4. The Morgan fingerprint density at radius 2 is 1.47 bits per heavy atom. The topological polar surface area (TPSA) is 32.2 Å². The van der Waals surface area contributed by atoms with Crippen molar-refractivity contribution in [3.8, 4) is 5.69 Å². The van der Waals surface area contributed by atoms with Crippen LogP contribution < -0.4 is 15.5 Å². The lowest BCUT2D eigenvalue weighted by Crippen LogP contribution is -2.45. The van der Waals surface area contributed by atoms with E-state index in [2.05, 4.69) is 202 Å². The average Bonchev–Trinajstić information content (AvgIpc) is 3.80. The van der Waals surface area contributed by atoms with Gasteiger partial charge in [-0.15, -0.1) is 0 Å². The molecule has 3 heterocycles. The lowest BCUT2D eigenvalue weighted by molar-refractivity contribution is 0.672. The molecule has 12 rings (SSSR count). The molecule has 0 saturated carbocycles. The van der Waals surface area contributed by atoms with Crippen molar-refractivity contribution >= 4 is 56.1 Å². The van der Waals surface area contributed by atoms with E-state index in [4.69, 9.17) is 0 Å². The molecule has 0 bridgehead atoms. The molecule has 0 amide bonds. The van der Waals surface area contributed by atoms with Crippen LogP contribution in [0.1, 0.15) is 47.6 Å². The summed E-state index contributed by atoms with van der Waals surface area (Å²) in [7, 11) is 0. The van der Waals surface area contributed by atoms with Crippen molar-refractivity contribution in [3.63, 3.8) is 0 Å². The largest absolute Gasteiger partial charge is 0.374 e. The molecule has 7 aromatic rings. The minimum atomic E-state index is 0.0956. The predicted molar refractivity (Wildman–Crippen MR) is 243 cm³/mol. The van der Waals surface area contributed by atoms with Crippen LogP contribution in [0.3, 0.4) is 0 Å². The second kappa shape index (κ2) is 13.4. The molecule has 0 fully saturated rings. The van der Waals surface area contributed by atoms with Gasteiger partial charge < -0.3 is 20.1 Å². The van der Waals surface area contributed by atoms with Gasteiger partial charge in [0, 0.05) is 57.0 Å². The zero-order valence-corrected chi connectivity index (χ0v) is 32.4. The van der Waals surface area contributed by atoms with E-state index in [0.717, 1.165) is 37.1 Å². The van der Waals surface area contributed by atoms with Crippen LogP contribution in [0.15, 0.2) is 187 Å². The Labute approximate surface area is 339 Å². The number of nitrogens with one attached hydrogen (secondary N) is 2. The van der Waals surface area contributed by atoms with Crippen molar-refractivity contribution < 1.29 is 0 Å². The summed E-state index contributed by atoms with van der Waals surface area (Å²) in [5.74, 6) is 0.364. The van der Waals surface area contributed by atoms with Crippen LogP contribution >= 0.6 is 0 Å². The quantitative estimate of drug-likeness (QED) is 0.184. The standard InChI is InChI=1S/C54H44N4/c1-4-15-35(16-5-1)38-20-14-21-39(31-38)53-52(37-18-6-2-7-19-37)55-47-30-28-41(32-48(47)56-53)57-49-26-13-12-25-43(49)45-33-46-44-29-27-36-17-10-11-24-42(36)54(44)58(51(46)34-50(45)57)40-22-8-3-9-23-40/h1-6,8-18,21-33,38,50,52-53,55-56H,7,19-20,34H2. The van der Waals surface area contributed by atoms with E-state index in [-0.39, 0.29) is 18.1 Å². The third-order valence-corrected chi connectivity index (χ3v) is 13.2. The number of allylic oxidation sites excluding steroid dienone is 5. The van der Waals surface area contributed by atoms with Crippen molar-refractivity contribution in [2.75, 3.05) is 15.5 Å². The van der Waals surface area contributed by atoms with Crippen molar-refractivity contribution in [3.05, 3.63) is 210 Å². The zero-order valence-electron chi connectivity index (χ0n) is 32.4. The molecule has 4 atom stereocenters. The van der Waals surface area contributed by atoms with E-state index < -0.39 is 0 Å². The first-order valence-electron chi connectivity index (χ1n) is 20.9. The average molecular weight is 749 g/mol. The summed E-state index contributed by atoms with van der Waals surface area (Å²) in [5, 5.41) is 12.1. The molecule has 4 nitrogen and oxygen atoms in total. The molecule has 2 N–H and O–H groups in total. The summed E-state index contributed by atoms with van der Waals surface area (Å²) >= 11 is 0. The van der Waals surface area contributed by atoms with Gasteiger partial charge in [-0.1, -0.05) is 140 Å². The molecule has 3 aliphatic carbocycles. The Hall–Kier alpha value is -6.78. The van der Waals surface area contributed by atoms with E-state index in [9.17, 15) is 0 Å². The Bertz CT molecular complexity index is 2920. The molecule has 58 heavy (non-hydrogen) atoms. The number of aromatic nitrogens is 1. The summed E-state index contributed by atoms with van der Waals surface area (Å²) in [6.07, 6.45) is 20.7. The first-order chi connectivity index (χ1) is 28.8. The minimum Gasteiger partial charge on any atom is -0.374 e. The summed E-state index contributed by atoms with van der Waals surface area (Å²) in [4.78, 5) is 2.61. The van der Waals surface area contributed by atoms with Crippen LogP contribution in [-0.4, -0.2) is 22.7 Å². The molecule has 4 heteroatoms. The highest BCUT2D eigenvalue weighted by molar-refractivity contribution is 6.13. The molecule has 0 radical (unpaired) electrons. The number of rotatable bonds is 5. The SMILES string of the molecule is C1=CCCC(C2Nc3ccc(N4c5ccccc5C5=Cc6c(n(-c7ccccc7)c7c6ccc6ccccc67)CC54)cc3NC2C2=CC(c3ccccc3)CC=C2)=C1. The van der Waals surface area contributed by atoms with Gasteiger partial charge >= 0.3 is 0 Å². The fourth-order valence-electron chi connectivity index (χ4n) is 10.5. The summed E-state index contributed by atoms with van der Waals surface area (Å²) < 4.78 is 2.55. The van der Waals surface area contributed by atoms with E-state index in [1.54, 1.807) is 0 Å². The molecule has 2 aliphatic heterocycles. The lowest BCUT2D eigenvalue weighted by atomic mass is 9.82. The van der Waals surface area contributed by atoms with E-state index in [1.807, 2.05) is 0 Å². The van der Waals surface area contributed by atoms with Gasteiger partial charge in [0.25, 0.3) is 0 Å². The highest BCUT2D eigenvalue weighted by Crippen LogP contribution is 2.52. The third-order valence-electron chi connectivity index (χ3n) is 13.2. The molecule has 6 aromatic carbocycles. The second-order valence-electron chi connectivity index (χ2n) is 16.4. The Morgan fingerprint density at radius 3 is 2.34 bits per heavy atom. The highest BCUT2D eigenvalue weighted by Gasteiger charge is 2.40. The van der Waals surface area contributed by atoms with Gasteiger partial charge in [-0.3, -0.25) is 0 Å². The molecule has 5 aliphatic rings. The van der Waals surface area contributed by atoms with Crippen LogP contribution in [-0.2, 0) is 6.42 Å². The molecule has 0 saturated heterocycles. The van der Waals surface area contributed by atoms with Crippen LogP contribution in [0.4, 0.5) is 22.7 Å². The fraction of sp³-hybridized carbons (Fsp3) is 0.148. The van der Waals surface area contributed by atoms with Gasteiger partial charge in [0.05, 0.1) is 35.0 Å². The van der Waals surface area contributed by atoms with E-state index in [0.29, 0.717) is 5.92 Å². The maximum Gasteiger partial charge on any atom is 0.0752 e. The number of para-hydroxylation sites is 2. The van der Waals surface area contributed by atoms with Crippen molar-refractivity contribution in [1.29, 1.82) is 0 Å². The number of benzene rings is 6. The third kappa shape index (κ3) is 5.28. The first kappa shape index (κ1) is 33.4. The Kier molecular flexibility index (Phi) is 7.72. The van der Waals surface area contributed by atoms with E-state index in [1.165, 1.54) is 77.8 Å². The molecule has 1 aromatic heterocycles. The van der Waals surface area contributed by atoms with Gasteiger partial charge in [-0.05, 0) is 89.4 Å². The van der Waals surface area contributed by atoms with Gasteiger partial charge in [0.1, 0.15) is 0 Å². The molecular formula is C54H44N4. The maximum atomic E-state index is 4.13. The maximum absolute atomic E-state index is 4.13. The van der Waals surface area contributed by atoms with Crippen molar-refractivity contribution in [2.24, 2.45) is 0 Å². The fourth-order valence-corrected chi connectivity index (χ4v) is 10.5. The van der Waals surface area contributed by atoms with Gasteiger partial charge in [-0.2, -0.15) is 0 Å². The number of hydrogen-bond acceptors (Lipinski definition) is 3. The van der Waals surface area contributed by atoms with Crippen LogP contribution in [0.5, 0.6) is 0 Å². The smallest absolute Gasteiger partial charge is 0.0752 e. The molecule has 0 spiro atoms. The van der Waals surface area contributed by atoms with Gasteiger partial charge in [0.2, 0.25) is 0 Å².